The van der Waals surface area contributed by atoms with Crippen LogP contribution in [0.15, 0.2) is 107 Å². The van der Waals surface area contributed by atoms with E-state index < -0.39 is 49.9 Å². The van der Waals surface area contributed by atoms with Gasteiger partial charge >= 0.3 is 6.18 Å². The summed E-state index contributed by atoms with van der Waals surface area (Å²) in [5, 5.41) is 2.11. The maximum Gasteiger partial charge on any atom is 0.416 e. The SMILES string of the molecule is Cc1cccc(NS(=O)(=O)c2ccc(NC(=O)CN(c3cc(C(F)(F)F)ccc3Cl)S(=O)(=O)c3ccccc3)cc2)c1. The highest BCUT2D eigenvalue weighted by Gasteiger charge is 2.34. The average Bonchev–Trinajstić information content (AvgIpc) is 2.92. The van der Waals surface area contributed by atoms with E-state index in [1.165, 1.54) is 48.5 Å². The number of anilines is 3. The molecule has 0 aromatic heterocycles. The number of halogens is 4. The first-order valence-corrected chi connectivity index (χ1v) is 15.4. The summed E-state index contributed by atoms with van der Waals surface area (Å²) in [4.78, 5) is 12.6. The zero-order valence-electron chi connectivity index (χ0n) is 21.8. The number of hydrogen-bond acceptors (Lipinski definition) is 5. The van der Waals surface area contributed by atoms with Crippen LogP contribution in [0.1, 0.15) is 11.1 Å². The third-order valence-electron chi connectivity index (χ3n) is 5.88. The van der Waals surface area contributed by atoms with Crippen molar-refractivity contribution in [2.75, 3.05) is 20.9 Å². The molecule has 2 N–H and O–H groups in total. The minimum absolute atomic E-state index is 0.106. The molecule has 0 aliphatic heterocycles. The normalized spacial score (nSPS) is 12.0. The molecule has 220 valence electrons. The Morgan fingerprint density at radius 1 is 0.810 bits per heavy atom. The maximum atomic E-state index is 13.5. The quantitative estimate of drug-likeness (QED) is 0.224. The van der Waals surface area contributed by atoms with Crippen molar-refractivity contribution < 1.29 is 34.8 Å². The van der Waals surface area contributed by atoms with Gasteiger partial charge in [-0.15, -0.1) is 0 Å². The number of alkyl halides is 3. The van der Waals surface area contributed by atoms with Crippen molar-refractivity contribution in [3.63, 3.8) is 0 Å². The van der Waals surface area contributed by atoms with Gasteiger partial charge in [0.1, 0.15) is 6.54 Å². The van der Waals surface area contributed by atoms with Crippen LogP contribution in [0.4, 0.5) is 30.2 Å². The lowest BCUT2D eigenvalue weighted by Crippen LogP contribution is -2.38. The lowest BCUT2D eigenvalue weighted by atomic mass is 10.2. The van der Waals surface area contributed by atoms with Gasteiger partial charge in [-0.1, -0.05) is 41.9 Å². The number of carbonyl (C=O) groups excluding carboxylic acids is 1. The summed E-state index contributed by atoms with van der Waals surface area (Å²) in [7, 11) is -8.51. The van der Waals surface area contributed by atoms with Gasteiger partial charge in [-0.25, -0.2) is 16.8 Å². The molecule has 0 aliphatic carbocycles. The molecular weight excluding hydrogens is 615 g/mol. The molecule has 0 heterocycles. The predicted octanol–water partition coefficient (Wildman–Crippen LogP) is 6.30. The number of hydrogen-bond donors (Lipinski definition) is 2. The van der Waals surface area contributed by atoms with Gasteiger partial charge in [0.15, 0.2) is 0 Å². The van der Waals surface area contributed by atoms with Crippen LogP contribution in [0.5, 0.6) is 0 Å². The Labute approximate surface area is 245 Å². The van der Waals surface area contributed by atoms with Gasteiger partial charge in [0, 0.05) is 11.4 Å². The molecule has 1 amide bonds. The third kappa shape index (κ3) is 7.22. The zero-order chi connectivity index (χ0) is 30.7. The van der Waals surface area contributed by atoms with Crippen LogP contribution in [-0.4, -0.2) is 29.3 Å². The number of rotatable bonds is 9. The lowest BCUT2D eigenvalue weighted by Gasteiger charge is -2.26. The summed E-state index contributed by atoms with van der Waals surface area (Å²) < 4.78 is 95.8. The van der Waals surface area contributed by atoms with Crippen molar-refractivity contribution in [3.05, 3.63) is 113 Å². The summed E-state index contributed by atoms with van der Waals surface area (Å²) in [5.74, 6) is -0.920. The van der Waals surface area contributed by atoms with E-state index in [9.17, 15) is 34.8 Å². The average molecular weight is 638 g/mol. The molecule has 4 aromatic carbocycles. The van der Waals surface area contributed by atoms with E-state index >= 15 is 0 Å². The Balaban J connectivity index is 1.60. The van der Waals surface area contributed by atoms with E-state index in [1.807, 2.05) is 13.0 Å². The molecule has 0 saturated carbocycles. The van der Waals surface area contributed by atoms with Crippen LogP contribution in [0.3, 0.4) is 0 Å². The number of nitrogens with zero attached hydrogens (tertiary/aromatic N) is 1. The Bertz CT molecular complexity index is 1820. The molecule has 0 radical (unpaired) electrons. The number of nitrogens with one attached hydrogen (secondary N) is 2. The fourth-order valence-corrected chi connectivity index (χ4v) is 6.64. The smallest absolute Gasteiger partial charge is 0.325 e. The molecule has 8 nitrogen and oxygen atoms in total. The molecule has 0 saturated heterocycles. The van der Waals surface area contributed by atoms with Crippen LogP contribution in [0, 0.1) is 6.92 Å². The number of amides is 1. The molecule has 0 bridgehead atoms. The molecule has 42 heavy (non-hydrogen) atoms. The first kappa shape index (κ1) is 30.9. The Morgan fingerprint density at radius 3 is 2.10 bits per heavy atom. The second-order valence-electron chi connectivity index (χ2n) is 9.04. The monoisotopic (exact) mass is 637 g/mol. The van der Waals surface area contributed by atoms with Crippen molar-refractivity contribution in [1.82, 2.24) is 0 Å². The van der Waals surface area contributed by atoms with Crippen LogP contribution in [-0.2, 0) is 31.0 Å². The number of sulfonamides is 2. The molecule has 0 atom stereocenters. The van der Waals surface area contributed by atoms with Gasteiger partial charge in [-0.3, -0.25) is 13.8 Å². The van der Waals surface area contributed by atoms with Crippen molar-refractivity contribution in [3.8, 4) is 0 Å². The second kappa shape index (κ2) is 12.0. The summed E-state index contributed by atoms with van der Waals surface area (Å²) in [6.45, 7) is 0.871. The minimum atomic E-state index is -4.81. The molecule has 0 unspecified atom stereocenters. The summed E-state index contributed by atoms with van der Waals surface area (Å²) in [5.41, 5.74) is -0.383. The summed E-state index contributed by atoms with van der Waals surface area (Å²) in [6, 6.07) is 20.8. The molecule has 0 spiro atoms. The highest BCUT2D eigenvalue weighted by Crippen LogP contribution is 2.37. The van der Waals surface area contributed by atoms with E-state index in [0.29, 0.717) is 22.1 Å². The number of aryl methyl sites for hydroxylation is 1. The molecule has 4 rings (SSSR count). The van der Waals surface area contributed by atoms with Gasteiger partial charge < -0.3 is 5.32 Å². The minimum Gasteiger partial charge on any atom is -0.325 e. The van der Waals surface area contributed by atoms with Gasteiger partial charge in [0.25, 0.3) is 20.0 Å². The van der Waals surface area contributed by atoms with Gasteiger partial charge in [-0.05, 0) is 79.2 Å². The fourth-order valence-electron chi connectivity index (χ4n) is 3.87. The molecule has 4 aromatic rings. The van der Waals surface area contributed by atoms with E-state index in [1.54, 1.807) is 24.3 Å². The van der Waals surface area contributed by atoms with Crippen LogP contribution >= 0.6 is 11.6 Å². The van der Waals surface area contributed by atoms with Crippen molar-refractivity contribution in [2.24, 2.45) is 0 Å². The van der Waals surface area contributed by atoms with Crippen LogP contribution < -0.4 is 14.3 Å². The Kier molecular flexibility index (Phi) is 8.85. The zero-order valence-corrected chi connectivity index (χ0v) is 24.2. The fraction of sp³-hybridized carbons (Fsp3) is 0.107. The Hall–Kier alpha value is -4.07. The van der Waals surface area contributed by atoms with E-state index in [4.69, 9.17) is 11.6 Å². The van der Waals surface area contributed by atoms with Gasteiger partial charge in [0.05, 0.1) is 26.1 Å². The highest BCUT2D eigenvalue weighted by molar-refractivity contribution is 7.93. The van der Waals surface area contributed by atoms with Gasteiger partial charge in [0.2, 0.25) is 5.91 Å². The topological polar surface area (TPSA) is 113 Å². The molecular formula is C28H23ClF3N3O5S2. The third-order valence-corrected chi connectivity index (χ3v) is 9.37. The number of benzene rings is 4. The molecule has 0 aliphatic rings. The van der Waals surface area contributed by atoms with Crippen LogP contribution in [0.25, 0.3) is 0 Å². The van der Waals surface area contributed by atoms with Gasteiger partial charge in [-0.2, -0.15) is 13.2 Å². The second-order valence-corrected chi connectivity index (χ2v) is 13.0. The summed E-state index contributed by atoms with van der Waals surface area (Å²) >= 11 is 6.14. The lowest BCUT2D eigenvalue weighted by molar-refractivity contribution is -0.137. The highest BCUT2D eigenvalue weighted by atomic mass is 35.5. The Morgan fingerprint density at radius 2 is 1.48 bits per heavy atom. The van der Waals surface area contributed by atoms with Crippen molar-refractivity contribution >= 4 is 54.6 Å². The van der Waals surface area contributed by atoms with E-state index in [2.05, 4.69) is 10.0 Å². The molecule has 14 heteroatoms. The summed E-state index contributed by atoms with van der Waals surface area (Å²) in [6.07, 6.45) is -4.81. The standard InChI is InChI=1S/C28H23ClF3N3O5S2/c1-19-6-5-7-22(16-19)34-41(37,38)23-13-11-21(12-14-23)33-27(36)18-35(42(39,40)24-8-3-2-4-9-24)26-17-20(28(30,31)32)10-15-25(26)29/h2-17,34H,18H2,1H3,(H,33,36). The maximum absolute atomic E-state index is 13.5. The molecule has 0 fully saturated rings. The van der Waals surface area contributed by atoms with Crippen molar-refractivity contribution in [1.29, 1.82) is 0 Å². The first-order chi connectivity index (χ1) is 19.7. The van der Waals surface area contributed by atoms with Crippen molar-refractivity contribution in [2.45, 2.75) is 22.9 Å². The first-order valence-electron chi connectivity index (χ1n) is 12.1. The van der Waals surface area contributed by atoms with E-state index in [-0.39, 0.29) is 20.5 Å². The van der Waals surface area contributed by atoms with E-state index in [0.717, 1.165) is 11.6 Å². The number of carbonyl (C=O) groups is 1. The largest absolute Gasteiger partial charge is 0.416 e. The van der Waals surface area contributed by atoms with Crippen LogP contribution in [0.2, 0.25) is 5.02 Å². The predicted molar refractivity (Wildman–Crippen MR) is 154 cm³/mol.